The van der Waals surface area contributed by atoms with Crippen LogP contribution in [0.1, 0.15) is 15.9 Å². The Labute approximate surface area is 162 Å². The maximum absolute atomic E-state index is 13.8. The van der Waals surface area contributed by atoms with Crippen LogP contribution >= 0.6 is 23.4 Å². The van der Waals surface area contributed by atoms with Crippen LogP contribution in [0.15, 0.2) is 41.6 Å². The van der Waals surface area contributed by atoms with Crippen molar-refractivity contribution in [3.63, 3.8) is 0 Å². The summed E-state index contributed by atoms with van der Waals surface area (Å²) in [5, 5.41) is -0.0351. The van der Waals surface area contributed by atoms with Crippen molar-refractivity contribution in [1.29, 1.82) is 0 Å². The average molecular weight is 419 g/mol. The summed E-state index contributed by atoms with van der Waals surface area (Å²) in [6, 6.07) is 6.80. The summed E-state index contributed by atoms with van der Waals surface area (Å²) < 4.78 is 43.7. The Morgan fingerprint density at radius 1 is 1.30 bits per heavy atom. The van der Waals surface area contributed by atoms with Crippen molar-refractivity contribution in [3.05, 3.63) is 58.5 Å². The minimum Gasteiger partial charge on any atom is -0.452 e. The predicted octanol–water partition coefficient (Wildman–Crippen LogP) is 4.00. The molecule has 27 heavy (non-hydrogen) atoms. The number of esters is 1. The van der Waals surface area contributed by atoms with E-state index >= 15 is 0 Å². The molecular formula is C17H14ClF3N2O3S. The Kier molecular flexibility index (Phi) is 7.49. The van der Waals surface area contributed by atoms with Crippen LogP contribution in [0.5, 0.6) is 0 Å². The second-order valence-corrected chi connectivity index (χ2v) is 6.65. The van der Waals surface area contributed by atoms with Gasteiger partial charge in [0.25, 0.3) is 11.7 Å². The van der Waals surface area contributed by atoms with Crippen LogP contribution < -0.4 is 0 Å². The molecule has 2 aromatic rings. The second-order valence-electron chi connectivity index (χ2n) is 5.26. The molecule has 0 atom stereocenters. The van der Waals surface area contributed by atoms with Crippen molar-refractivity contribution in [2.24, 2.45) is 0 Å². The number of rotatable bonds is 7. The molecule has 2 rings (SSSR count). The van der Waals surface area contributed by atoms with E-state index in [2.05, 4.69) is 4.98 Å². The maximum atomic E-state index is 13.8. The molecule has 0 aliphatic heterocycles. The number of benzene rings is 1. The molecule has 1 aromatic carbocycles. The molecule has 1 aromatic heterocycles. The first kappa shape index (κ1) is 21.0. The van der Waals surface area contributed by atoms with Gasteiger partial charge in [-0.15, -0.1) is 0 Å². The van der Waals surface area contributed by atoms with Crippen molar-refractivity contribution in [3.8, 4) is 0 Å². The number of aromatic nitrogens is 1. The Morgan fingerprint density at radius 3 is 2.70 bits per heavy atom. The number of ether oxygens (including phenoxy) is 1. The molecule has 1 heterocycles. The zero-order valence-corrected chi connectivity index (χ0v) is 15.6. The van der Waals surface area contributed by atoms with Gasteiger partial charge in [-0.05, 0) is 36.0 Å². The summed E-state index contributed by atoms with van der Waals surface area (Å²) in [5.74, 6) is -4.90. The number of likely N-dealkylation sites (N-methyl/N-ethyl adjacent to an activating group) is 1. The number of alkyl halides is 2. The standard InChI is InChI=1S/C17H14ClF3N2O3S/c1-23(8-11-12(18)5-2-6-13(11)19)14(24)9-26-16(25)10-4-3-7-22-15(10)27-17(20)21/h2-7,17H,8-9H2,1H3. The van der Waals surface area contributed by atoms with E-state index in [-0.39, 0.29) is 39.5 Å². The molecule has 0 aliphatic rings. The molecular weight excluding hydrogens is 405 g/mol. The molecule has 0 saturated carbocycles. The Hall–Kier alpha value is -2.26. The van der Waals surface area contributed by atoms with Gasteiger partial charge in [0.1, 0.15) is 10.8 Å². The topological polar surface area (TPSA) is 59.5 Å². The minimum absolute atomic E-state index is 0.102. The van der Waals surface area contributed by atoms with Gasteiger partial charge in [-0.25, -0.2) is 14.2 Å². The monoisotopic (exact) mass is 418 g/mol. The van der Waals surface area contributed by atoms with Gasteiger partial charge < -0.3 is 9.64 Å². The maximum Gasteiger partial charge on any atom is 0.341 e. The number of carbonyl (C=O) groups is 2. The number of nitrogens with zero attached hydrogens (tertiary/aromatic N) is 2. The van der Waals surface area contributed by atoms with Crippen molar-refractivity contribution in [2.75, 3.05) is 13.7 Å². The molecule has 144 valence electrons. The van der Waals surface area contributed by atoms with E-state index in [1.165, 1.54) is 43.6 Å². The van der Waals surface area contributed by atoms with E-state index in [0.29, 0.717) is 0 Å². The lowest BCUT2D eigenvalue weighted by atomic mass is 10.2. The van der Waals surface area contributed by atoms with Crippen molar-refractivity contribution >= 4 is 35.2 Å². The van der Waals surface area contributed by atoms with Gasteiger partial charge in [-0.2, -0.15) is 8.78 Å². The Bertz CT molecular complexity index is 819. The van der Waals surface area contributed by atoms with Crippen LogP contribution in [0.2, 0.25) is 5.02 Å². The van der Waals surface area contributed by atoms with Gasteiger partial charge in [-0.3, -0.25) is 4.79 Å². The van der Waals surface area contributed by atoms with Gasteiger partial charge in [0, 0.05) is 30.4 Å². The molecule has 0 unspecified atom stereocenters. The molecule has 10 heteroatoms. The highest BCUT2D eigenvalue weighted by atomic mass is 35.5. The van der Waals surface area contributed by atoms with Crippen LogP contribution in [-0.2, 0) is 16.1 Å². The first-order valence-corrected chi connectivity index (χ1v) is 8.79. The number of halogens is 4. The van der Waals surface area contributed by atoms with Crippen LogP contribution in [0.3, 0.4) is 0 Å². The highest BCUT2D eigenvalue weighted by Crippen LogP contribution is 2.26. The minimum atomic E-state index is -2.76. The number of hydrogen-bond donors (Lipinski definition) is 0. The summed E-state index contributed by atoms with van der Waals surface area (Å²) in [6.45, 7) is -0.768. The first-order valence-electron chi connectivity index (χ1n) is 7.53. The largest absolute Gasteiger partial charge is 0.452 e. The molecule has 0 saturated heterocycles. The zero-order chi connectivity index (χ0) is 20.0. The van der Waals surface area contributed by atoms with Crippen LogP contribution in [-0.4, -0.2) is 41.2 Å². The van der Waals surface area contributed by atoms with Gasteiger partial charge in [0.05, 0.1) is 5.56 Å². The van der Waals surface area contributed by atoms with Crippen LogP contribution in [0, 0.1) is 5.82 Å². The van der Waals surface area contributed by atoms with Crippen molar-refractivity contribution < 1.29 is 27.5 Å². The van der Waals surface area contributed by atoms with E-state index in [4.69, 9.17) is 16.3 Å². The lowest BCUT2D eigenvalue weighted by Crippen LogP contribution is -2.31. The fraction of sp³-hybridized carbons (Fsp3) is 0.235. The summed E-state index contributed by atoms with van der Waals surface area (Å²) in [7, 11) is 1.39. The van der Waals surface area contributed by atoms with Crippen LogP contribution in [0.4, 0.5) is 13.2 Å². The lowest BCUT2D eigenvalue weighted by molar-refractivity contribution is -0.133. The van der Waals surface area contributed by atoms with Gasteiger partial charge in [0.2, 0.25) is 0 Å². The summed E-state index contributed by atoms with van der Waals surface area (Å²) >= 11 is 6.01. The Balaban J connectivity index is 1.98. The normalized spacial score (nSPS) is 10.7. The SMILES string of the molecule is CN(Cc1c(F)cccc1Cl)C(=O)COC(=O)c1cccnc1SC(F)F. The summed E-state index contributed by atoms with van der Waals surface area (Å²) in [6.07, 6.45) is 1.26. The highest BCUT2D eigenvalue weighted by molar-refractivity contribution is 7.99. The quantitative estimate of drug-likeness (QED) is 0.502. The van der Waals surface area contributed by atoms with Gasteiger partial charge in [0.15, 0.2) is 6.61 Å². The predicted molar refractivity (Wildman–Crippen MR) is 94.3 cm³/mol. The molecule has 0 bridgehead atoms. The number of thioether (sulfide) groups is 1. The summed E-state index contributed by atoms with van der Waals surface area (Å²) in [4.78, 5) is 29.0. The number of pyridine rings is 1. The summed E-state index contributed by atoms with van der Waals surface area (Å²) in [5.41, 5.74) is -0.0420. The molecule has 1 amide bonds. The smallest absolute Gasteiger partial charge is 0.341 e. The number of carbonyl (C=O) groups excluding carboxylic acids is 2. The molecule has 0 spiro atoms. The van der Waals surface area contributed by atoms with Crippen molar-refractivity contribution in [2.45, 2.75) is 17.3 Å². The third-order valence-electron chi connectivity index (χ3n) is 3.40. The molecule has 0 aliphatic carbocycles. The lowest BCUT2D eigenvalue weighted by Gasteiger charge is -2.18. The van der Waals surface area contributed by atoms with Gasteiger partial charge in [-0.1, -0.05) is 17.7 Å². The average Bonchev–Trinajstić information content (AvgIpc) is 2.62. The first-order chi connectivity index (χ1) is 12.8. The number of amides is 1. The highest BCUT2D eigenvalue weighted by Gasteiger charge is 2.20. The number of hydrogen-bond acceptors (Lipinski definition) is 5. The van der Waals surface area contributed by atoms with Crippen LogP contribution in [0.25, 0.3) is 0 Å². The van der Waals surface area contributed by atoms with E-state index in [1.54, 1.807) is 0 Å². The van der Waals surface area contributed by atoms with Gasteiger partial charge >= 0.3 is 5.97 Å². The van der Waals surface area contributed by atoms with Crippen molar-refractivity contribution in [1.82, 2.24) is 9.88 Å². The van der Waals surface area contributed by atoms with E-state index < -0.39 is 30.1 Å². The molecule has 0 N–H and O–H groups in total. The van der Waals surface area contributed by atoms with E-state index in [0.717, 1.165) is 4.90 Å². The molecule has 5 nitrogen and oxygen atoms in total. The third kappa shape index (κ3) is 5.86. The fourth-order valence-electron chi connectivity index (χ4n) is 2.05. The zero-order valence-electron chi connectivity index (χ0n) is 14.0. The van der Waals surface area contributed by atoms with E-state index in [9.17, 15) is 22.8 Å². The molecule has 0 fully saturated rings. The third-order valence-corrected chi connectivity index (χ3v) is 4.48. The molecule has 0 radical (unpaired) electrons. The second kappa shape index (κ2) is 9.61. The Morgan fingerprint density at radius 2 is 2.04 bits per heavy atom. The van der Waals surface area contributed by atoms with E-state index in [1.807, 2.05) is 0 Å². The fourth-order valence-corrected chi connectivity index (χ4v) is 2.84.